The lowest BCUT2D eigenvalue weighted by Gasteiger charge is -2.18. The van der Waals surface area contributed by atoms with Crippen molar-refractivity contribution in [1.82, 2.24) is 0 Å². The zero-order valence-corrected chi connectivity index (χ0v) is 38.6. The van der Waals surface area contributed by atoms with Crippen LogP contribution in [-0.2, 0) is 28.6 Å². The summed E-state index contributed by atoms with van der Waals surface area (Å²) in [5.74, 6) is -0.905. The summed E-state index contributed by atoms with van der Waals surface area (Å²) in [6.07, 6.45) is 54.0. The van der Waals surface area contributed by atoms with Crippen LogP contribution in [0, 0.1) is 0 Å². The summed E-state index contributed by atoms with van der Waals surface area (Å²) >= 11 is 0. The van der Waals surface area contributed by atoms with Crippen molar-refractivity contribution in [2.75, 3.05) is 13.2 Å². The van der Waals surface area contributed by atoms with Gasteiger partial charge in [-0.05, 0) is 96.3 Å². The van der Waals surface area contributed by atoms with Gasteiger partial charge in [0.05, 0.1) is 0 Å². The molecule has 0 saturated carbocycles. The van der Waals surface area contributed by atoms with Crippen molar-refractivity contribution < 1.29 is 28.6 Å². The minimum absolute atomic E-state index is 0.0824. The van der Waals surface area contributed by atoms with E-state index in [-0.39, 0.29) is 31.1 Å². The highest BCUT2D eigenvalue weighted by molar-refractivity contribution is 5.71. The first kappa shape index (κ1) is 55.6. The molecule has 0 heterocycles. The third-order valence-electron chi connectivity index (χ3n) is 10.8. The maximum absolute atomic E-state index is 12.7. The first-order valence-electron chi connectivity index (χ1n) is 25.0. The van der Waals surface area contributed by atoms with Crippen molar-refractivity contribution in [1.29, 1.82) is 0 Å². The Balaban J connectivity index is 4.40. The van der Waals surface area contributed by atoms with Crippen molar-refractivity contribution >= 4 is 17.9 Å². The molecule has 0 aromatic heterocycles. The van der Waals surface area contributed by atoms with Gasteiger partial charge in [0, 0.05) is 19.3 Å². The molecule has 0 aliphatic heterocycles. The van der Waals surface area contributed by atoms with Gasteiger partial charge in [-0.2, -0.15) is 0 Å². The molecule has 0 radical (unpaired) electrons. The van der Waals surface area contributed by atoms with E-state index in [0.717, 1.165) is 83.5 Å². The van der Waals surface area contributed by atoms with E-state index in [4.69, 9.17) is 14.2 Å². The molecule has 0 saturated heterocycles. The van der Waals surface area contributed by atoms with Crippen LogP contribution < -0.4 is 0 Å². The van der Waals surface area contributed by atoms with Crippen LogP contribution in [0.5, 0.6) is 0 Å². The summed E-state index contributed by atoms with van der Waals surface area (Å²) in [5, 5.41) is 0. The topological polar surface area (TPSA) is 78.9 Å². The molecule has 6 nitrogen and oxygen atoms in total. The molecule has 0 aromatic carbocycles. The van der Waals surface area contributed by atoms with Crippen LogP contribution in [0.4, 0.5) is 0 Å². The zero-order valence-electron chi connectivity index (χ0n) is 38.6. The molecule has 0 spiro atoms. The first-order chi connectivity index (χ1) is 28.5. The van der Waals surface area contributed by atoms with E-state index in [1.54, 1.807) is 0 Å². The maximum atomic E-state index is 12.7. The summed E-state index contributed by atoms with van der Waals surface area (Å²) in [6.45, 7) is 6.59. The molecule has 0 rings (SSSR count). The Hall–Kier alpha value is -2.37. The van der Waals surface area contributed by atoms with Crippen LogP contribution in [-0.4, -0.2) is 37.2 Å². The van der Waals surface area contributed by atoms with Crippen LogP contribution >= 0.6 is 0 Å². The van der Waals surface area contributed by atoms with Crippen molar-refractivity contribution in [2.45, 2.75) is 264 Å². The second kappa shape index (κ2) is 47.3. The second-order valence-electron chi connectivity index (χ2n) is 16.7. The molecule has 0 aliphatic carbocycles. The first-order valence-corrected chi connectivity index (χ1v) is 25.0. The van der Waals surface area contributed by atoms with E-state index in [2.05, 4.69) is 57.2 Å². The SMILES string of the molecule is CCCCCC/C=C/CCCCCCCC(=O)OC[C@@H](COC(=O)CCCCCCC/C=C\CCCCCCC)OC(=O)CCCCCC/C=C/CCCCCCC. The summed E-state index contributed by atoms with van der Waals surface area (Å²) in [4.78, 5) is 37.9. The Kier molecular flexibility index (Phi) is 45.4. The standard InChI is InChI=1S/C52H94O6/c1-4-7-10-13-16-19-22-25-28-30-33-36-39-42-45-51(54)57-48-49(58-52(55)46-43-40-37-34-31-27-24-21-18-15-12-9-6-3)47-56-50(53)44-41-38-35-32-29-26-23-20-17-14-11-8-5-2/h20,22-25,27,49H,4-19,21,26,28-48H2,1-3H3/b23-20+,25-22-,27-24+/t49-/m0/s1. The molecule has 0 amide bonds. The Morgan fingerprint density at radius 3 is 0.879 bits per heavy atom. The number of ether oxygens (including phenoxy) is 3. The summed E-state index contributed by atoms with van der Waals surface area (Å²) in [5.41, 5.74) is 0. The molecule has 0 N–H and O–H groups in total. The normalized spacial score (nSPS) is 12.3. The summed E-state index contributed by atoms with van der Waals surface area (Å²) in [6, 6.07) is 0. The largest absolute Gasteiger partial charge is 0.462 e. The lowest BCUT2D eigenvalue weighted by atomic mass is 10.1. The third kappa shape index (κ3) is 44.7. The van der Waals surface area contributed by atoms with E-state index in [1.807, 2.05) is 0 Å². The van der Waals surface area contributed by atoms with Gasteiger partial charge >= 0.3 is 17.9 Å². The quantitative estimate of drug-likeness (QED) is 0.0264. The van der Waals surface area contributed by atoms with Crippen LogP contribution in [0.25, 0.3) is 0 Å². The van der Waals surface area contributed by atoms with Gasteiger partial charge in [0.1, 0.15) is 13.2 Å². The number of carbonyl (C=O) groups excluding carboxylic acids is 3. The van der Waals surface area contributed by atoms with Gasteiger partial charge in [0.2, 0.25) is 0 Å². The number of hydrogen-bond acceptors (Lipinski definition) is 6. The molecule has 0 aromatic rings. The predicted molar refractivity (Wildman–Crippen MR) is 247 cm³/mol. The highest BCUT2D eigenvalue weighted by Gasteiger charge is 2.19. The van der Waals surface area contributed by atoms with Crippen molar-refractivity contribution in [3.63, 3.8) is 0 Å². The fraction of sp³-hybridized carbons (Fsp3) is 0.827. The van der Waals surface area contributed by atoms with E-state index < -0.39 is 6.10 Å². The van der Waals surface area contributed by atoms with Crippen LogP contribution in [0.1, 0.15) is 258 Å². The molecule has 0 bridgehead atoms. The molecule has 1 atom stereocenters. The van der Waals surface area contributed by atoms with E-state index >= 15 is 0 Å². The van der Waals surface area contributed by atoms with Crippen molar-refractivity contribution in [3.05, 3.63) is 36.5 Å². The number of hydrogen-bond donors (Lipinski definition) is 0. The van der Waals surface area contributed by atoms with Crippen LogP contribution in [0.2, 0.25) is 0 Å². The Labute approximate surface area is 359 Å². The predicted octanol–water partition coefficient (Wildman–Crippen LogP) is 16.1. The minimum atomic E-state index is -0.781. The highest BCUT2D eigenvalue weighted by atomic mass is 16.6. The fourth-order valence-corrected chi connectivity index (χ4v) is 7.01. The Bertz CT molecular complexity index is 984. The summed E-state index contributed by atoms with van der Waals surface area (Å²) in [7, 11) is 0. The van der Waals surface area contributed by atoms with Crippen LogP contribution in [0.3, 0.4) is 0 Å². The molecule has 338 valence electrons. The van der Waals surface area contributed by atoms with Crippen molar-refractivity contribution in [3.8, 4) is 0 Å². The van der Waals surface area contributed by atoms with E-state index in [1.165, 1.54) is 135 Å². The molecule has 58 heavy (non-hydrogen) atoms. The van der Waals surface area contributed by atoms with E-state index in [0.29, 0.717) is 19.3 Å². The average molecular weight is 815 g/mol. The number of rotatable bonds is 45. The number of unbranched alkanes of at least 4 members (excludes halogenated alkanes) is 28. The molecule has 6 heteroatoms. The van der Waals surface area contributed by atoms with Crippen LogP contribution in [0.15, 0.2) is 36.5 Å². The Morgan fingerprint density at radius 2 is 0.569 bits per heavy atom. The average Bonchev–Trinajstić information content (AvgIpc) is 3.22. The maximum Gasteiger partial charge on any atom is 0.306 e. The monoisotopic (exact) mass is 815 g/mol. The van der Waals surface area contributed by atoms with Gasteiger partial charge in [-0.15, -0.1) is 0 Å². The van der Waals surface area contributed by atoms with E-state index in [9.17, 15) is 14.4 Å². The third-order valence-corrected chi connectivity index (χ3v) is 10.8. The molecule has 0 unspecified atom stereocenters. The fourth-order valence-electron chi connectivity index (χ4n) is 7.01. The van der Waals surface area contributed by atoms with Gasteiger partial charge in [-0.1, -0.05) is 179 Å². The number of esters is 3. The molecular weight excluding hydrogens is 721 g/mol. The van der Waals surface area contributed by atoms with Gasteiger partial charge < -0.3 is 14.2 Å². The van der Waals surface area contributed by atoms with Gasteiger partial charge in [-0.3, -0.25) is 14.4 Å². The Morgan fingerprint density at radius 1 is 0.328 bits per heavy atom. The second-order valence-corrected chi connectivity index (χ2v) is 16.7. The van der Waals surface area contributed by atoms with Gasteiger partial charge in [0.25, 0.3) is 0 Å². The molecule has 0 aliphatic rings. The lowest BCUT2D eigenvalue weighted by molar-refractivity contribution is -0.167. The summed E-state index contributed by atoms with van der Waals surface area (Å²) < 4.78 is 16.7. The lowest BCUT2D eigenvalue weighted by Crippen LogP contribution is -2.30. The smallest absolute Gasteiger partial charge is 0.306 e. The minimum Gasteiger partial charge on any atom is -0.462 e. The molecule has 0 fully saturated rings. The number of carbonyl (C=O) groups is 3. The van der Waals surface area contributed by atoms with Gasteiger partial charge in [-0.25, -0.2) is 0 Å². The highest BCUT2D eigenvalue weighted by Crippen LogP contribution is 2.14. The zero-order chi connectivity index (χ0) is 42.3. The molecular formula is C52H94O6. The number of allylic oxidation sites excluding steroid dienone is 6. The van der Waals surface area contributed by atoms with Gasteiger partial charge in [0.15, 0.2) is 6.10 Å². The van der Waals surface area contributed by atoms with Crippen molar-refractivity contribution in [2.24, 2.45) is 0 Å².